The molecule has 4 heteroatoms. The molecule has 0 aromatic heterocycles. The Morgan fingerprint density at radius 3 is 2.57 bits per heavy atom. The number of hydrogen-bond donors (Lipinski definition) is 0. The first-order valence-corrected chi connectivity index (χ1v) is 4.89. The topological polar surface area (TPSA) is 35.5 Å². The number of hydrogen-bond acceptors (Lipinski definition) is 4. The van der Waals surface area contributed by atoms with Crippen molar-refractivity contribution in [1.82, 2.24) is 0 Å². The highest BCUT2D eigenvalue weighted by molar-refractivity contribution is 8.13. The van der Waals surface area contributed by atoms with E-state index < -0.39 is 0 Å². The average Bonchev–Trinajstić information content (AvgIpc) is 2.18. The number of methoxy groups -OCH3 is 2. The maximum absolute atomic E-state index is 11.0. The molecule has 0 spiro atoms. The van der Waals surface area contributed by atoms with Crippen molar-refractivity contribution in [2.45, 2.75) is 11.8 Å². The summed E-state index contributed by atoms with van der Waals surface area (Å²) in [5, 5.41) is -0.311. The van der Waals surface area contributed by atoms with Crippen molar-refractivity contribution in [3.05, 3.63) is 23.8 Å². The first kappa shape index (κ1) is 10.9. The number of carbonyl (C=O) groups excluding carboxylic acids is 1. The minimum Gasteiger partial charge on any atom is -0.496 e. The van der Waals surface area contributed by atoms with E-state index >= 15 is 0 Å². The number of aryl methyl sites for hydroxylation is 1. The molecule has 3 nitrogen and oxygen atoms in total. The molecule has 0 fully saturated rings. The van der Waals surface area contributed by atoms with Crippen LogP contribution in [-0.2, 0) is 4.74 Å². The summed E-state index contributed by atoms with van der Waals surface area (Å²) in [5.41, 5.74) is 1.00. The Bertz CT molecular complexity index is 336. The lowest BCUT2D eigenvalue weighted by Gasteiger charge is -2.05. The summed E-state index contributed by atoms with van der Waals surface area (Å²) in [7, 11) is 2.99. The number of thioether (sulfide) groups is 1. The molecule has 1 aromatic rings. The predicted molar refractivity (Wildman–Crippen MR) is 56.0 cm³/mol. The highest BCUT2D eigenvalue weighted by Crippen LogP contribution is 2.26. The van der Waals surface area contributed by atoms with Gasteiger partial charge < -0.3 is 9.47 Å². The van der Waals surface area contributed by atoms with Crippen LogP contribution >= 0.6 is 11.8 Å². The van der Waals surface area contributed by atoms with E-state index in [0.717, 1.165) is 28.0 Å². The zero-order valence-corrected chi connectivity index (χ0v) is 9.18. The molecule has 0 saturated carbocycles. The molecule has 1 rings (SSSR count). The maximum atomic E-state index is 11.0. The fraction of sp³-hybridized carbons (Fsp3) is 0.300. The first-order chi connectivity index (χ1) is 6.67. The van der Waals surface area contributed by atoms with Crippen molar-refractivity contribution in [2.75, 3.05) is 14.2 Å². The van der Waals surface area contributed by atoms with Gasteiger partial charge in [-0.3, -0.25) is 0 Å². The van der Waals surface area contributed by atoms with Crippen molar-refractivity contribution in [3.63, 3.8) is 0 Å². The Morgan fingerprint density at radius 1 is 1.36 bits per heavy atom. The Morgan fingerprint density at radius 2 is 2.07 bits per heavy atom. The molecule has 1 aromatic carbocycles. The van der Waals surface area contributed by atoms with Crippen molar-refractivity contribution in [1.29, 1.82) is 0 Å². The quantitative estimate of drug-likeness (QED) is 0.558. The van der Waals surface area contributed by atoms with Gasteiger partial charge in [0.05, 0.1) is 14.2 Å². The van der Waals surface area contributed by atoms with Crippen LogP contribution in [0.3, 0.4) is 0 Å². The van der Waals surface area contributed by atoms with E-state index in [1.54, 1.807) is 7.11 Å². The van der Waals surface area contributed by atoms with Gasteiger partial charge in [0.15, 0.2) is 0 Å². The second-order valence-corrected chi connectivity index (χ2v) is 3.70. The highest BCUT2D eigenvalue weighted by atomic mass is 32.2. The molecule has 0 bridgehead atoms. The molecule has 14 heavy (non-hydrogen) atoms. The van der Waals surface area contributed by atoms with Gasteiger partial charge in [-0.1, -0.05) is 0 Å². The van der Waals surface area contributed by atoms with E-state index in [-0.39, 0.29) is 5.30 Å². The molecule has 0 aliphatic heterocycles. The molecule has 0 N–H and O–H groups in total. The minimum absolute atomic E-state index is 0.311. The van der Waals surface area contributed by atoms with E-state index in [2.05, 4.69) is 4.74 Å². The molecule has 76 valence electrons. The second-order valence-electron chi connectivity index (χ2n) is 2.69. The normalized spacial score (nSPS) is 9.64. The zero-order chi connectivity index (χ0) is 10.6. The van der Waals surface area contributed by atoms with Crippen LogP contribution < -0.4 is 4.74 Å². The zero-order valence-electron chi connectivity index (χ0n) is 8.37. The summed E-state index contributed by atoms with van der Waals surface area (Å²) in [4.78, 5) is 11.8. The van der Waals surface area contributed by atoms with Crippen LogP contribution in [0.1, 0.15) is 5.56 Å². The van der Waals surface area contributed by atoms with Crippen molar-refractivity contribution in [3.8, 4) is 5.75 Å². The molecule has 0 atom stereocenters. The maximum Gasteiger partial charge on any atom is 0.371 e. The van der Waals surface area contributed by atoms with Crippen molar-refractivity contribution < 1.29 is 14.3 Å². The lowest BCUT2D eigenvalue weighted by Crippen LogP contribution is -1.91. The summed E-state index contributed by atoms with van der Waals surface area (Å²) in [6.45, 7) is 1.93. The molecular formula is C10H12O3S. The van der Waals surface area contributed by atoms with E-state index in [1.165, 1.54) is 7.11 Å². The van der Waals surface area contributed by atoms with Gasteiger partial charge >= 0.3 is 5.30 Å². The van der Waals surface area contributed by atoms with E-state index in [9.17, 15) is 4.79 Å². The van der Waals surface area contributed by atoms with Gasteiger partial charge in [-0.2, -0.15) is 0 Å². The van der Waals surface area contributed by atoms with Gasteiger partial charge in [0.25, 0.3) is 0 Å². The number of carbonyl (C=O) groups is 1. The first-order valence-electron chi connectivity index (χ1n) is 4.08. The number of benzene rings is 1. The average molecular weight is 212 g/mol. The molecular weight excluding hydrogens is 200 g/mol. The largest absolute Gasteiger partial charge is 0.496 e. The molecule has 0 heterocycles. The van der Waals surface area contributed by atoms with Crippen LogP contribution in [0.5, 0.6) is 5.75 Å². The summed E-state index contributed by atoms with van der Waals surface area (Å²) in [5.74, 6) is 0.819. The smallest absolute Gasteiger partial charge is 0.371 e. The predicted octanol–water partition coefficient (Wildman–Crippen LogP) is 2.86. The lowest BCUT2D eigenvalue weighted by molar-refractivity contribution is 0.200. The van der Waals surface area contributed by atoms with E-state index in [1.807, 2.05) is 25.1 Å². The van der Waals surface area contributed by atoms with Crippen molar-refractivity contribution >= 4 is 17.1 Å². The Hall–Kier alpha value is -1.16. The van der Waals surface area contributed by atoms with Crippen LogP contribution in [0, 0.1) is 6.92 Å². The molecule has 0 unspecified atom stereocenters. The number of ether oxygens (including phenoxy) is 2. The van der Waals surface area contributed by atoms with E-state index in [4.69, 9.17) is 4.74 Å². The Kier molecular flexibility index (Phi) is 3.83. The third-order valence-electron chi connectivity index (χ3n) is 1.73. The van der Waals surface area contributed by atoms with Gasteiger partial charge in [0.1, 0.15) is 5.75 Å². The fourth-order valence-electron chi connectivity index (χ4n) is 1.05. The van der Waals surface area contributed by atoms with Crippen LogP contribution in [0.4, 0.5) is 4.79 Å². The van der Waals surface area contributed by atoms with Gasteiger partial charge in [0.2, 0.25) is 0 Å². The highest BCUT2D eigenvalue weighted by Gasteiger charge is 2.05. The van der Waals surface area contributed by atoms with Gasteiger partial charge in [-0.25, -0.2) is 4.79 Å². The van der Waals surface area contributed by atoms with Crippen LogP contribution in [0.25, 0.3) is 0 Å². The lowest BCUT2D eigenvalue weighted by atomic mass is 10.2. The van der Waals surface area contributed by atoms with Crippen LogP contribution in [-0.4, -0.2) is 19.5 Å². The van der Waals surface area contributed by atoms with Gasteiger partial charge in [0, 0.05) is 4.90 Å². The summed E-state index contributed by atoms with van der Waals surface area (Å²) >= 11 is 1.06. The summed E-state index contributed by atoms with van der Waals surface area (Å²) in [6, 6.07) is 5.55. The van der Waals surface area contributed by atoms with Gasteiger partial charge in [-0.15, -0.1) is 0 Å². The second kappa shape index (κ2) is 4.91. The van der Waals surface area contributed by atoms with Crippen LogP contribution in [0.15, 0.2) is 23.1 Å². The SMILES string of the molecule is COC(=O)Sc1ccc(OC)c(C)c1. The third kappa shape index (κ3) is 2.67. The standard InChI is InChI=1S/C10H12O3S/c1-7-6-8(14-10(11)13-3)4-5-9(7)12-2/h4-6H,1-3H3. The number of rotatable bonds is 2. The third-order valence-corrected chi connectivity index (χ3v) is 2.56. The van der Waals surface area contributed by atoms with Gasteiger partial charge in [-0.05, 0) is 42.4 Å². The Labute approximate surface area is 87.4 Å². The minimum atomic E-state index is -0.311. The molecule has 0 radical (unpaired) electrons. The molecule has 0 saturated heterocycles. The summed E-state index contributed by atoms with van der Waals surface area (Å²) in [6.07, 6.45) is 0. The molecule has 0 amide bonds. The Balaban J connectivity index is 2.81. The fourth-order valence-corrected chi connectivity index (χ4v) is 1.70. The molecule has 0 aliphatic carbocycles. The van der Waals surface area contributed by atoms with Crippen LogP contribution in [0.2, 0.25) is 0 Å². The van der Waals surface area contributed by atoms with E-state index in [0.29, 0.717) is 0 Å². The summed E-state index contributed by atoms with van der Waals surface area (Å²) < 4.78 is 9.65. The monoisotopic (exact) mass is 212 g/mol. The molecule has 0 aliphatic rings. The van der Waals surface area contributed by atoms with Crippen molar-refractivity contribution in [2.24, 2.45) is 0 Å².